The van der Waals surface area contributed by atoms with Gasteiger partial charge >= 0.3 is 0 Å². The average molecular weight is 185 g/mol. The topological polar surface area (TPSA) is 29.5 Å². The molecule has 1 atom stereocenters. The lowest BCUT2D eigenvalue weighted by atomic mass is 10.0. The number of benzene rings is 1. The fourth-order valence-corrected chi connectivity index (χ4v) is 1.68. The number of halogens is 1. The normalized spacial score (nSPS) is 21.3. The third-order valence-corrected chi connectivity index (χ3v) is 2.32. The number of fused-ring (bicyclic) bond motifs is 1. The van der Waals surface area contributed by atoms with Gasteiger partial charge in [-0.2, -0.15) is 0 Å². The molecule has 1 aromatic carbocycles. The number of aliphatic hydroxyl groups excluding tert-OH is 1. The monoisotopic (exact) mass is 184 g/mol. The molecule has 2 nitrogen and oxygen atoms in total. The minimum absolute atomic E-state index is 0.470. The zero-order chi connectivity index (χ0) is 8.55. The van der Waals surface area contributed by atoms with Crippen LogP contribution in [-0.2, 0) is 0 Å². The summed E-state index contributed by atoms with van der Waals surface area (Å²) in [6.45, 7) is 0.564. The maximum atomic E-state index is 9.58. The SMILES string of the molecule is OC1CCOc2cccc(Cl)c21. The standard InChI is InChI=1S/C9H9ClO2/c10-6-2-1-3-8-9(6)7(11)4-5-12-8/h1-3,7,11H,4-5H2. The fraction of sp³-hybridized carbons (Fsp3) is 0.333. The molecule has 0 amide bonds. The molecule has 12 heavy (non-hydrogen) atoms. The first-order valence-electron chi connectivity index (χ1n) is 3.88. The highest BCUT2D eigenvalue weighted by Crippen LogP contribution is 2.36. The van der Waals surface area contributed by atoms with Gasteiger partial charge in [-0.25, -0.2) is 0 Å². The molecule has 0 aliphatic carbocycles. The zero-order valence-electron chi connectivity index (χ0n) is 6.46. The van der Waals surface area contributed by atoms with Gasteiger partial charge in [0.1, 0.15) is 5.75 Å². The van der Waals surface area contributed by atoms with Crippen LogP contribution in [0.3, 0.4) is 0 Å². The van der Waals surface area contributed by atoms with E-state index in [1.165, 1.54) is 0 Å². The van der Waals surface area contributed by atoms with Gasteiger partial charge < -0.3 is 9.84 Å². The van der Waals surface area contributed by atoms with Gasteiger partial charge in [-0.05, 0) is 12.1 Å². The summed E-state index contributed by atoms with van der Waals surface area (Å²) in [5, 5.41) is 10.2. The van der Waals surface area contributed by atoms with Crippen LogP contribution in [0.2, 0.25) is 5.02 Å². The lowest BCUT2D eigenvalue weighted by molar-refractivity contribution is 0.115. The third kappa shape index (κ3) is 1.17. The summed E-state index contributed by atoms with van der Waals surface area (Å²) >= 11 is 5.90. The molecule has 0 bridgehead atoms. The number of aliphatic hydroxyl groups is 1. The molecule has 1 heterocycles. The van der Waals surface area contributed by atoms with Crippen molar-refractivity contribution in [1.29, 1.82) is 0 Å². The largest absolute Gasteiger partial charge is 0.493 e. The van der Waals surface area contributed by atoms with Crippen molar-refractivity contribution in [2.24, 2.45) is 0 Å². The zero-order valence-corrected chi connectivity index (χ0v) is 7.21. The highest BCUT2D eigenvalue weighted by atomic mass is 35.5. The van der Waals surface area contributed by atoms with Crippen molar-refractivity contribution in [3.8, 4) is 5.75 Å². The smallest absolute Gasteiger partial charge is 0.126 e. The van der Waals surface area contributed by atoms with E-state index in [1.54, 1.807) is 6.07 Å². The van der Waals surface area contributed by atoms with Crippen LogP contribution in [0, 0.1) is 0 Å². The molecule has 0 saturated carbocycles. The van der Waals surface area contributed by atoms with E-state index >= 15 is 0 Å². The Bertz CT molecular complexity index is 299. The highest BCUT2D eigenvalue weighted by molar-refractivity contribution is 6.31. The molecule has 3 heteroatoms. The number of hydrogen-bond donors (Lipinski definition) is 1. The van der Waals surface area contributed by atoms with E-state index < -0.39 is 6.10 Å². The summed E-state index contributed by atoms with van der Waals surface area (Å²) < 4.78 is 5.33. The summed E-state index contributed by atoms with van der Waals surface area (Å²) in [5.41, 5.74) is 0.727. The van der Waals surface area contributed by atoms with Crippen LogP contribution in [0.1, 0.15) is 18.1 Å². The average Bonchev–Trinajstić information content (AvgIpc) is 2.04. The van der Waals surface area contributed by atoms with Crippen LogP contribution < -0.4 is 4.74 Å². The van der Waals surface area contributed by atoms with Crippen molar-refractivity contribution in [3.63, 3.8) is 0 Å². The second-order valence-electron chi connectivity index (χ2n) is 2.80. The lowest BCUT2D eigenvalue weighted by Crippen LogP contribution is -2.13. The quantitative estimate of drug-likeness (QED) is 0.670. The summed E-state index contributed by atoms with van der Waals surface area (Å²) in [4.78, 5) is 0. The molecule has 64 valence electrons. The Kier molecular flexibility index (Phi) is 1.95. The molecule has 2 rings (SSSR count). The Morgan fingerprint density at radius 3 is 3.08 bits per heavy atom. The van der Waals surface area contributed by atoms with Gasteiger partial charge in [0.2, 0.25) is 0 Å². The van der Waals surface area contributed by atoms with Crippen molar-refractivity contribution in [1.82, 2.24) is 0 Å². The maximum absolute atomic E-state index is 9.58. The summed E-state index contributed by atoms with van der Waals surface area (Å²) in [7, 11) is 0. The Morgan fingerprint density at radius 1 is 1.50 bits per heavy atom. The molecule has 1 N–H and O–H groups in total. The van der Waals surface area contributed by atoms with E-state index in [9.17, 15) is 5.11 Å². The molecule has 1 aliphatic heterocycles. The predicted octanol–water partition coefficient (Wildman–Crippen LogP) is 2.16. The van der Waals surface area contributed by atoms with Crippen LogP contribution in [0.25, 0.3) is 0 Å². The van der Waals surface area contributed by atoms with Crippen molar-refractivity contribution in [2.45, 2.75) is 12.5 Å². The first-order valence-corrected chi connectivity index (χ1v) is 4.26. The molecule has 1 aromatic rings. The third-order valence-electron chi connectivity index (χ3n) is 1.99. The van der Waals surface area contributed by atoms with Crippen LogP contribution in [0.5, 0.6) is 5.75 Å². The number of hydrogen-bond acceptors (Lipinski definition) is 2. The molecule has 0 radical (unpaired) electrons. The van der Waals surface area contributed by atoms with Crippen LogP contribution >= 0.6 is 11.6 Å². The predicted molar refractivity (Wildman–Crippen MR) is 46.5 cm³/mol. The molecule has 0 spiro atoms. The summed E-state index contributed by atoms with van der Waals surface area (Å²) in [6.07, 6.45) is 0.152. The van der Waals surface area contributed by atoms with Crippen LogP contribution in [0.4, 0.5) is 0 Å². The molecule has 0 aromatic heterocycles. The Labute approximate surface area is 75.7 Å². The molecule has 1 aliphatic rings. The van der Waals surface area contributed by atoms with Crippen molar-refractivity contribution < 1.29 is 9.84 Å². The van der Waals surface area contributed by atoms with E-state index in [0.29, 0.717) is 23.8 Å². The van der Waals surface area contributed by atoms with Crippen molar-refractivity contribution >= 4 is 11.6 Å². The van der Waals surface area contributed by atoms with Gasteiger partial charge in [-0.3, -0.25) is 0 Å². The Balaban J connectivity index is 2.53. The minimum atomic E-state index is -0.470. The van der Waals surface area contributed by atoms with E-state index in [1.807, 2.05) is 12.1 Å². The maximum Gasteiger partial charge on any atom is 0.126 e. The molecule has 1 unspecified atom stereocenters. The molecular weight excluding hydrogens is 176 g/mol. The lowest BCUT2D eigenvalue weighted by Gasteiger charge is -2.22. The summed E-state index contributed by atoms with van der Waals surface area (Å²) in [5.74, 6) is 0.709. The van der Waals surface area contributed by atoms with Gasteiger partial charge in [-0.1, -0.05) is 17.7 Å². The minimum Gasteiger partial charge on any atom is -0.493 e. The van der Waals surface area contributed by atoms with Crippen molar-refractivity contribution in [3.05, 3.63) is 28.8 Å². The van der Waals surface area contributed by atoms with Crippen molar-refractivity contribution in [2.75, 3.05) is 6.61 Å². The van der Waals surface area contributed by atoms with E-state index in [2.05, 4.69) is 0 Å². The first kappa shape index (κ1) is 7.90. The van der Waals surface area contributed by atoms with Gasteiger partial charge in [-0.15, -0.1) is 0 Å². The molecule has 0 saturated heterocycles. The van der Waals surface area contributed by atoms with E-state index in [0.717, 1.165) is 5.56 Å². The Hall–Kier alpha value is -0.730. The second-order valence-corrected chi connectivity index (χ2v) is 3.21. The Morgan fingerprint density at radius 2 is 2.33 bits per heavy atom. The first-order chi connectivity index (χ1) is 5.79. The second kappa shape index (κ2) is 2.96. The number of rotatable bonds is 0. The highest BCUT2D eigenvalue weighted by Gasteiger charge is 2.21. The van der Waals surface area contributed by atoms with Crippen LogP contribution in [0.15, 0.2) is 18.2 Å². The van der Waals surface area contributed by atoms with Gasteiger partial charge in [0.25, 0.3) is 0 Å². The van der Waals surface area contributed by atoms with E-state index in [-0.39, 0.29) is 0 Å². The van der Waals surface area contributed by atoms with Gasteiger partial charge in [0.05, 0.1) is 17.7 Å². The van der Waals surface area contributed by atoms with Crippen LogP contribution in [-0.4, -0.2) is 11.7 Å². The number of ether oxygens (including phenoxy) is 1. The van der Waals surface area contributed by atoms with E-state index in [4.69, 9.17) is 16.3 Å². The fourth-order valence-electron chi connectivity index (χ4n) is 1.39. The van der Waals surface area contributed by atoms with Gasteiger partial charge in [0, 0.05) is 12.0 Å². The summed E-state index contributed by atoms with van der Waals surface area (Å²) in [6, 6.07) is 5.40. The van der Waals surface area contributed by atoms with Gasteiger partial charge in [0.15, 0.2) is 0 Å². The molecular formula is C9H9ClO2. The molecule has 0 fully saturated rings.